The average molecular weight is 441 g/mol. The predicted molar refractivity (Wildman–Crippen MR) is 122 cm³/mol. The molecule has 164 valence electrons. The predicted octanol–water partition coefficient (Wildman–Crippen LogP) is 4.71. The van der Waals surface area contributed by atoms with Crippen LogP contribution in [0.2, 0.25) is 0 Å². The van der Waals surface area contributed by atoms with Crippen molar-refractivity contribution in [3.05, 3.63) is 48.7 Å². The number of aromatic nitrogens is 1. The van der Waals surface area contributed by atoms with Gasteiger partial charge in [0.25, 0.3) is 0 Å². The molecule has 7 heteroatoms. The van der Waals surface area contributed by atoms with Crippen LogP contribution in [-0.4, -0.2) is 40.2 Å². The second-order valence-electron chi connectivity index (χ2n) is 7.96. The molecule has 3 aromatic rings. The molecule has 0 N–H and O–H groups in total. The number of rotatable bonds is 6. The van der Waals surface area contributed by atoms with E-state index in [9.17, 15) is 8.42 Å². The van der Waals surface area contributed by atoms with E-state index in [1.54, 1.807) is 31.4 Å². The van der Waals surface area contributed by atoms with Gasteiger partial charge in [-0.05, 0) is 68.1 Å². The molecule has 2 heterocycles. The van der Waals surface area contributed by atoms with Crippen LogP contribution in [0.4, 0.5) is 5.69 Å². The van der Waals surface area contributed by atoms with Crippen molar-refractivity contribution in [2.75, 3.05) is 31.7 Å². The molecule has 1 atom stereocenters. The maximum atomic E-state index is 13.7. The number of fused-ring (bicyclic) bond motifs is 1. The van der Waals surface area contributed by atoms with Gasteiger partial charge in [0.1, 0.15) is 16.4 Å². The Labute approximate surface area is 183 Å². The molecular formula is C24H28N2O4S. The summed E-state index contributed by atoms with van der Waals surface area (Å²) >= 11 is 0. The Bertz CT molecular complexity index is 1180. The van der Waals surface area contributed by atoms with Crippen LogP contribution in [0.15, 0.2) is 58.5 Å². The van der Waals surface area contributed by atoms with E-state index in [1.165, 1.54) is 6.20 Å². The van der Waals surface area contributed by atoms with Crippen molar-refractivity contribution in [2.45, 2.75) is 36.5 Å². The third kappa shape index (κ3) is 4.19. The van der Waals surface area contributed by atoms with Gasteiger partial charge in [0.2, 0.25) is 9.84 Å². The molecule has 0 bridgehead atoms. The fourth-order valence-electron chi connectivity index (χ4n) is 4.19. The lowest BCUT2D eigenvalue weighted by molar-refractivity contribution is 0.340. The van der Waals surface area contributed by atoms with Crippen LogP contribution in [0.5, 0.6) is 11.5 Å². The number of nitrogens with zero attached hydrogens (tertiary/aromatic N) is 2. The summed E-state index contributed by atoms with van der Waals surface area (Å²) in [6.07, 6.45) is 3.67. The largest absolute Gasteiger partial charge is 0.497 e. The highest BCUT2D eigenvalue weighted by Gasteiger charge is 2.29. The average Bonchev–Trinajstić information content (AvgIpc) is 2.78. The van der Waals surface area contributed by atoms with E-state index in [0.717, 1.165) is 36.8 Å². The van der Waals surface area contributed by atoms with Gasteiger partial charge >= 0.3 is 0 Å². The van der Waals surface area contributed by atoms with Crippen molar-refractivity contribution in [1.82, 2.24) is 4.98 Å². The van der Waals surface area contributed by atoms with Gasteiger partial charge < -0.3 is 14.4 Å². The van der Waals surface area contributed by atoms with Crippen molar-refractivity contribution >= 4 is 26.4 Å². The molecule has 31 heavy (non-hydrogen) atoms. The molecule has 0 radical (unpaired) electrons. The number of methoxy groups -OCH3 is 1. The maximum absolute atomic E-state index is 13.7. The smallest absolute Gasteiger partial charge is 0.210 e. The lowest BCUT2D eigenvalue weighted by atomic mass is 9.99. The molecule has 1 aliphatic rings. The topological polar surface area (TPSA) is 68.7 Å². The second-order valence-corrected chi connectivity index (χ2v) is 9.87. The third-order valence-electron chi connectivity index (χ3n) is 5.72. The number of hydrogen-bond acceptors (Lipinski definition) is 6. The van der Waals surface area contributed by atoms with Crippen LogP contribution in [0.3, 0.4) is 0 Å². The molecular weight excluding hydrogens is 412 g/mol. The molecule has 0 aliphatic carbocycles. The summed E-state index contributed by atoms with van der Waals surface area (Å²) < 4.78 is 38.3. The zero-order chi connectivity index (χ0) is 22.0. The van der Waals surface area contributed by atoms with Gasteiger partial charge in [-0.3, -0.25) is 4.98 Å². The quantitative estimate of drug-likeness (QED) is 0.553. The van der Waals surface area contributed by atoms with Gasteiger partial charge in [-0.25, -0.2) is 8.42 Å². The molecule has 1 fully saturated rings. The number of benzene rings is 2. The van der Waals surface area contributed by atoms with Crippen LogP contribution in [0.1, 0.15) is 26.7 Å². The van der Waals surface area contributed by atoms with Crippen LogP contribution in [0, 0.1) is 5.92 Å². The van der Waals surface area contributed by atoms with Crippen LogP contribution in [0.25, 0.3) is 10.9 Å². The molecule has 1 aromatic heterocycles. The highest BCUT2D eigenvalue weighted by atomic mass is 32.2. The summed E-state index contributed by atoms with van der Waals surface area (Å²) in [6.45, 7) is 6.30. The van der Waals surface area contributed by atoms with Crippen LogP contribution in [-0.2, 0) is 9.84 Å². The molecule has 0 saturated carbocycles. The summed E-state index contributed by atoms with van der Waals surface area (Å²) in [5.41, 5.74) is 1.47. The molecule has 2 aromatic carbocycles. The number of sulfone groups is 1. The first-order valence-electron chi connectivity index (χ1n) is 10.6. The molecule has 1 saturated heterocycles. The summed E-state index contributed by atoms with van der Waals surface area (Å²) in [4.78, 5) is 7.15. The summed E-state index contributed by atoms with van der Waals surface area (Å²) in [7, 11) is -2.22. The first-order valence-corrected chi connectivity index (χ1v) is 12.1. The van der Waals surface area contributed by atoms with E-state index >= 15 is 0 Å². The van der Waals surface area contributed by atoms with Gasteiger partial charge in [-0.2, -0.15) is 0 Å². The Morgan fingerprint density at radius 3 is 2.55 bits per heavy atom. The number of anilines is 1. The lowest BCUT2D eigenvalue weighted by Crippen LogP contribution is -2.35. The Morgan fingerprint density at radius 2 is 1.87 bits per heavy atom. The lowest BCUT2D eigenvalue weighted by Gasteiger charge is -2.34. The van der Waals surface area contributed by atoms with E-state index in [4.69, 9.17) is 9.47 Å². The fourth-order valence-corrected chi connectivity index (χ4v) is 5.63. The number of ether oxygens (including phenoxy) is 2. The highest BCUT2D eigenvalue weighted by Crippen LogP contribution is 2.39. The summed E-state index contributed by atoms with van der Waals surface area (Å²) in [5.74, 6) is 1.81. The molecule has 6 nitrogen and oxygen atoms in total. The normalized spacial score (nSPS) is 17.0. The molecule has 0 spiro atoms. The van der Waals surface area contributed by atoms with Crippen molar-refractivity contribution in [3.8, 4) is 11.5 Å². The van der Waals surface area contributed by atoms with Crippen molar-refractivity contribution in [1.29, 1.82) is 0 Å². The monoisotopic (exact) mass is 440 g/mol. The van der Waals surface area contributed by atoms with Gasteiger partial charge in [-0.15, -0.1) is 0 Å². The van der Waals surface area contributed by atoms with Crippen molar-refractivity contribution < 1.29 is 17.9 Å². The molecule has 0 unspecified atom stereocenters. The first kappa shape index (κ1) is 21.4. The highest BCUT2D eigenvalue weighted by molar-refractivity contribution is 7.91. The third-order valence-corrected chi connectivity index (χ3v) is 7.49. The van der Waals surface area contributed by atoms with Gasteiger partial charge in [0.15, 0.2) is 0 Å². The van der Waals surface area contributed by atoms with E-state index in [2.05, 4.69) is 16.8 Å². The second kappa shape index (κ2) is 8.75. The fraction of sp³-hybridized carbons (Fsp3) is 0.375. The van der Waals surface area contributed by atoms with Gasteiger partial charge in [0.05, 0.1) is 29.8 Å². The van der Waals surface area contributed by atoms with E-state index in [-0.39, 0.29) is 9.79 Å². The van der Waals surface area contributed by atoms with Crippen LogP contribution >= 0.6 is 0 Å². The summed E-state index contributed by atoms with van der Waals surface area (Å²) in [5, 5.41) is 0.801. The number of hydrogen-bond donors (Lipinski definition) is 0. The Morgan fingerprint density at radius 1 is 1.13 bits per heavy atom. The number of pyridine rings is 1. The zero-order valence-electron chi connectivity index (χ0n) is 18.2. The van der Waals surface area contributed by atoms with Crippen LogP contribution < -0.4 is 14.4 Å². The Kier molecular flexibility index (Phi) is 6.05. The molecule has 1 aliphatic heterocycles. The van der Waals surface area contributed by atoms with E-state index < -0.39 is 9.84 Å². The Balaban J connectivity index is 1.93. The molecule has 4 rings (SSSR count). The standard InChI is InChI=1S/C24H28N2O4S/c1-4-30-19-9-12-22-21(14-19)24(26-13-5-6-17(2)16-26)23(15-25-22)31(27,28)20-10-7-18(29-3)8-11-20/h7-12,14-15,17H,4-6,13,16H2,1-3H3/t17-/m0/s1. The van der Waals surface area contributed by atoms with Crippen molar-refractivity contribution in [3.63, 3.8) is 0 Å². The SMILES string of the molecule is CCOc1ccc2ncc(S(=O)(=O)c3ccc(OC)cc3)c(N3CCC[C@H](C)C3)c2c1. The number of piperidine rings is 1. The first-order chi connectivity index (χ1) is 14.9. The van der Waals surface area contributed by atoms with E-state index in [1.807, 2.05) is 25.1 Å². The minimum absolute atomic E-state index is 0.224. The van der Waals surface area contributed by atoms with E-state index in [0.29, 0.717) is 29.7 Å². The maximum Gasteiger partial charge on any atom is 0.210 e. The Hall–Kier alpha value is -2.80. The summed E-state index contributed by atoms with van der Waals surface area (Å²) in [6, 6.07) is 12.2. The van der Waals surface area contributed by atoms with Gasteiger partial charge in [0, 0.05) is 24.7 Å². The van der Waals surface area contributed by atoms with Crippen molar-refractivity contribution in [2.24, 2.45) is 5.92 Å². The minimum Gasteiger partial charge on any atom is -0.497 e. The van der Waals surface area contributed by atoms with Gasteiger partial charge in [-0.1, -0.05) is 6.92 Å². The minimum atomic E-state index is -3.78. The molecule has 0 amide bonds. The zero-order valence-corrected chi connectivity index (χ0v) is 19.0.